The van der Waals surface area contributed by atoms with Gasteiger partial charge < -0.3 is 13.9 Å². The van der Waals surface area contributed by atoms with Crippen LogP contribution in [0, 0.1) is 0 Å². The Bertz CT molecular complexity index is 582. The van der Waals surface area contributed by atoms with Gasteiger partial charge in [0, 0.05) is 6.42 Å². The zero-order valence-corrected chi connectivity index (χ0v) is 12.4. The van der Waals surface area contributed by atoms with Gasteiger partial charge in [-0.1, -0.05) is 6.07 Å². The van der Waals surface area contributed by atoms with Gasteiger partial charge in [0.05, 0.1) is 13.2 Å². The van der Waals surface area contributed by atoms with Gasteiger partial charge in [0.2, 0.25) is 0 Å². The van der Waals surface area contributed by atoms with E-state index < -0.39 is 0 Å². The second-order valence-electron chi connectivity index (χ2n) is 4.26. The minimum atomic E-state index is -0.344. The molecule has 1 atom stereocenters. The van der Waals surface area contributed by atoms with Crippen molar-refractivity contribution in [1.29, 1.82) is 0 Å². The number of ether oxygens (including phenoxy) is 2. The van der Waals surface area contributed by atoms with Crippen LogP contribution in [0.2, 0.25) is 0 Å². The van der Waals surface area contributed by atoms with E-state index in [0.29, 0.717) is 23.6 Å². The van der Waals surface area contributed by atoms with E-state index in [1.807, 2.05) is 30.3 Å². The van der Waals surface area contributed by atoms with E-state index in [-0.39, 0.29) is 5.38 Å². The van der Waals surface area contributed by atoms with Gasteiger partial charge in [-0.15, -0.1) is 11.6 Å². The Labute approximate surface area is 124 Å². The van der Waals surface area contributed by atoms with Crippen molar-refractivity contribution in [2.24, 2.45) is 0 Å². The fourth-order valence-corrected chi connectivity index (χ4v) is 2.54. The van der Waals surface area contributed by atoms with Crippen LogP contribution < -0.4 is 9.47 Å². The van der Waals surface area contributed by atoms with Crippen LogP contribution in [0.5, 0.6) is 11.5 Å². The maximum Gasteiger partial charge on any atom is 0.169 e. The molecule has 0 aliphatic carbocycles. The summed E-state index contributed by atoms with van der Waals surface area (Å²) in [4.78, 5) is 0. The van der Waals surface area contributed by atoms with Crippen molar-refractivity contribution in [2.45, 2.75) is 11.8 Å². The molecule has 0 N–H and O–H groups in total. The smallest absolute Gasteiger partial charge is 0.169 e. The third-order valence-electron chi connectivity index (χ3n) is 2.91. The molecule has 100 valence electrons. The summed E-state index contributed by atoms with van der Waals surface area (Å²) in [5.74, 6) is 2.21. The number of alkyl halides is 1. The molecule has 0 bridgehead atoms. The fourth-order valence-electron chi connectivity index (χ4n) is 1.97. The molecule has 2 aromatic rings. The van der Waals surface area contributed by atoms with Gasteiger partial charge in [0.15, 0.2) is 16.2 Å². The number of rotatable bonds is 2. The molecule has 0 fully saturated rings. The lowest BCUT2D eigenvalue weighted by Gasteiger charge is -2.11. The maximum atomic E-state index is 6.42. The van der Waals surface area contributed by atoms with Crippen LogP contribution in [0.4, 0.5) is 0 Å². The second kappa shape index (κ2) is 5.47. The van der Waals surface area contributed by atoms with Gasteiger partial charge >= 0.3 is 0 Å². The number of benzene rings is 1. The highest BCUT2D eigenvalue weighted by Gasteiger charge is 2.18. The fraction of sp³-hybridized carbons (Fsp3) is 0.286. The molecule has 0 saturated heterocycles. The first-order valence-electron chi connectivity index (χ1n) is 6.03. The quantitative estimate of drug-likeness (QED) is 0.751. The Morgan fingerprint density at radius 2 is 1.84 bits per heavy atom. The Balaban J connectivity index is 1.91. The van der Waals surface area contributed by atoms with E-state index in [4.69, 9.17) is 25.5 Å². The van der Waals surface area contributed by atoms with Crippen molar-refractivity contribution in [2.75, 3.05) is 13.2 Å². The van der Waals surface area contributed by atoms with Gasteiger partial charge in [0.25, 0.3) is 0 Å². The molecule has 0 saturated carbocycles. The molecule has 1 unspecified atom stereocenters. The summed E-state index contributed by atoms with van der Waals surface area (Å²) in [6, 6.07) is 9.41. The normalized spacial score (nSPS) is 15.9. The third-order valence-corrected chi connectivity index (χ3v) is 3.80. The highest BCUT2D eigenvalue weighted by Crippen LogP contribution is 2.37. The number of hydrogen-bond donors (Lipinski definition) is 0. The van der Waals surface area contributed by atoms with Gasteiger partial charge in [0.1, 0.15) is 11.1 Å². The Kier molecular flexibility index (Phi) is 3.71. The third kappa shape index (κ3) is 2.74. The highest BCUT2D eigenvalue weighted by atomic mass is 79.9. The summed E-state index contributed by atoms with van der Waals surface area (Å²) in [5, 5.41) is -0.344. The van der Waals surface area contributed by atoms with E-state index in [1.165, 1.54) is 0 Å². The summed E-state index contributed by atoms with van der Waals surface area (Å²) in [6.07, 6.45) is 0.888. The van der Waals surface area contributed by atoms with E-state index in [2.05, 4.69) is 15.9 Å². The average Bonchev–Trinajstić information content (AvgIpc) is 2.72. The van der Waals surface area contributed by atoms with E-state index in [0.717, 1.165) is 23.5 Å². The molecule has 1 aliphatic heterocycles. The molecule has 3 rings (SSSR count). The maximum absolute atomic E-state index is 6.42. The monoisotopic (exact) mass is 342 g/mol. The molecule has 1 aromatic carbocycles. The van der Waals surface area contributed by atoms with Crippen molar-refractivity contribution in [3.05, 3.63) is 46.3 Å². The van der Waals surface area contributed by atoms with Crippen molar-refractivity contribution < 1.29 is 13.9 Å². The van der Waals surface area contributed by atoms with Crippen LogP contribution in [0.3, 0.4) is 0 Å². The van der Waals surface area contributed by atoms with Crippen LogP contribution in [-0.4, -0.2) is 13.2 Å². The summed E-state index contributed by atoms with van der Waals surface area (Å²) in [5.41, 5.74) is 0.924. The minimum Gasteiger partial charge on any atom is -0.490 e. The topological polar surface area (TPSA) is 31.6 Å². The lowest BCUT2D eigenvalue weighted by molar-refractivity contribution is 0.297. The molecular formula is C14H12BrClO3. The van der Waals surface area contributed by atoms with Crippen LogP contribution in [0.25, 0.3) is 0 Å². The molecule has 19 heavy (non-hydrogen) atoms. The second-order valence-corrected chi connectivity index (χ2v) is 5.48. The average molecular weight is 344 g/mol. The van der Waals surface area contributed by atoms with Crippen molar-refractivity contribution in [3.63, 3.8) is 0 Å². The van der Waals surface area contributed by atoms with Crippen molar-refractivity contribution >= 4 is 27.5 Å². The van der Waals surface area contributed by atoms with E-state index in [1.54, 1.807) is 0 Å². The predicted octanol–water partition coefficient (Wildman–Crippen LogP) is 4.53. The Hall–Kier alpha value is -1.13. The number of halogens is 2. The Morgan fingerprint density at radius 3 is 2.58 bits per heavy atom. The molecule has 1 aromatic heterocycles. The molecule has 3 nitrogen and oxygen atoms in total. The summed E-state index contributed by atoms with van der Waals surface area (Å²) < 4.78 is 17.4. The van der Waals surface area contributed by atoms with Crippen LogP contribution in [-0.2, 0) is 0 Å². The van der Waals surface area contributed by atoms with Gasteiger partial charge in [-0.25, -0.2) is 0 Å². The molecule has 0 spiro atoms. The molecule has 5 heteroatoms. The predicted molar refractivity (Wildman–Crippen MR) is 76.2 cm³/mol. The zero-order valence-electron chi connectivity index (χ0n) is 10.1. The molecule has 1 aliphatic rings. The van der Waals surface area contributed by atoms with Crippen LogP contribution in [0.1, 0.15) is 23.1 Å². The van der Waals surface area contributed by atoms with Crippen LogP contribution in [0.15, 0.2) is 39.4 Å². The van der Waals surface area contributed by atoms with Crippen molar-refractivity contribution in [1.82, 2.24) is 0 Å². The number of fused-ring (bicyclic) bond motifs is 1. The minimum absolute atomic E-state index is 0.344. The standard InChI is InChI=1S/C14H12BrClO3/c15-13-5-4-11(19-13)14(16)9-2-3-10-12(8-9)18-7-1-6-17-10/h2-5,8,14H,1,6-7H2. The van der Waals surface area contributed by atoms with Crippen molar-refractivity contribution in [3.8, 4) is 11.5 Å². The van der Waals surface area contributed by atoms with Crippen LogP contribution >= 0.6 is 27.5 Å². The van der Waals surface area contributed by atoms with E-state index in [9.17, 15) is 0 Å². The van der Waals surface area contributed by atoms with Gasteiger partial charge in [-0.2, -0.15) is 0 Å². The molecule has 2 heterocycles. The number of furan rings is 1. The largest absolute Gasteiger partial charge is 0.490 e. The SMILES string of the molecule is ClC(c1ccc2c(c1)OCCCO2)c1ccc(Br)o1. The summed E-state index contributed by atoms with van der Waals surface area (Å²) in [6.45, 7) is 1.34. The first kappa shape index (κ1) is 12.9. The first-order valence-corrected chi connectivity index (χ1v) is 7.26. The molecular weight excluding hydrogens is 332 g/mol. The lowest BCUT2D eigenvalue weighted by Crippen LogP contribution is -1.97. The molecule has 0 radical (unpaired) electrons. The van der Waals surface area contributed by atoms with E-state index >= 15 is 0 Å². The highest BCUT2D eigenvalue weighted by molar-refractivity contribution is 9.10. The summed E-state index contributed by atoms with van der Waals surface area (Å²) >= 11 is 9.69. The lowest BCUT2D eigenvalue weighted by atomic mass is 10.1. The summed E-state index contributed by atoms with van der Waals surface area (Å²) in [7, 11) is 0. The van der Waals surface area contributed by atoms with Gasteiger partial charge in [-0.05, 0) is 45.8 Å². The van der Waals surface area contributed by atoms with Gasteiger partial charge in [-0.3, -0.25) is 0 Å². The first-order chi connectivity index (χ1) is 9.24. The molecule has 0 amide bonds. The zero-order chi connectivity index (χ0) is 13.2. The number of hydrogen-bond acceptors (Lipinski definition) is 3. The Morgan fingerprint density at radius 1 is 1.05 bits per heavy atom.